The van der Waals surface area contributed by atoms with Gasteiger partial charge in [-0.2, -0.15) is 0 Å². The van der Waals surface area contributed by atoms with Crippen molar-refractivity contribution < 1.29 is 9.47 Å². The third kappa shape index (κ3) is 4.35. The molecule has 0 amide bonds. The van der Waals surface area contributed by atoms with Crippen LogP contribution in [-0.4, -0.2) is 18.8 Å². The first-order chi connectivity index (χ1) is 9.15. The standard InChI is InChI=1S/C15H20ClNO2/c1-11(2)19-15-7-6-12(9-14(15)16)17-10-13-5-3-4-8-18-13/h4,6-9,11,13,17H,3,5,10H2,1-2H3. The minimum absolute atomic E-state index is 0.124. The van der Waals surface area contributed by atoms with Crippen molar-refractivity contribution in [3.8, 4) is 5.75 Å². The lowest BCUT2D eigenvalue weighted by Crippen LogP contribution is -2.22. The van der Waals surface area contributed by atoms with Crippen LogP contribution in [0.1, 0.15) is 26.7 Å². The zero-order valence-electron chi connectivity index (χ0n) is 11.4. The van der Waals surface area contributed by atoms with E-state index in [1.807, 2.05) is 38.1 Å². The Kier molecular flexibility index (Phi) is 4.97. The van der Waals surface area contributed by atoms with E-state index in [1.54, 1.807) is 6.26 Å². The van der Waals surface area contributed by atoms with Crippen LogP contribution in [0, 0.1) is 0 Å². The van der Waals surface area contributed by atoms with Crippen LogP contribution in [0.4, 0.5) is 5.69 Å². The van der Waals surface area contributed by atoms with Gasteiger partial charge in [0, 0.05) is 5.69 Å². The summed E-state index contributed by atoms with van der Waals surface area (Å²) < 4.78 is 11.1. The number of hydrogen-bond donors (Lipinski definition) is 1. The molecular formula is C15H20ClNO2. The van der Waals surface area contributed by atoms with E-state index >= 15 is 0 Å². The van der Waals surface area contributed by atoms with Gasteiger partial charge in [0.15, 0.2) is 0 Å². The molecule has 19 heavy (non-hydrogen) atoms. The van der Waals surface area contributed by atoms with E-state index in [0.29, 0.717) is 5.02 Å². The third-order valence-electron chi connectivity index (χ3n) is 2.85. The second kappa shape index (κ2) is 6.71. The highest BCUT2D eigenvalue weighted by Crippen LogP contribution is 2.28. The van der Waals surface area contributed by atoms with Crippen molar-refractivity contribution in [2.75, 3.05) is 11.9 Å². The topological polar surface area (TPSA) is 30.5 Å². The quantitative estimate of drug-likeness (QED) is 0.876. The fourth-order valence-corrected chi connectivity index (χ4v) is 2.15. The molecule has 0 saturated heterocycles. The van der Waals surface area contributed by atoms with Gasteiger partial charge in [0.2, 0.25) is 0 Å². The van der Waals surface area contributed by atoms with Crippen LogP contribution in [-0.2, 0) is 4.74 Å². The highest BCUT2D eigenvalue weighted by molar-refractivity contribution is 6.32. The number of nitrogens with one attached hydrogen (secondary N) is 1. The normalized spacial score (nSPS) is 18.2. The van der Waals surface area contributed by atoms with E-state index in [1.165, 1.54) is 0 Å². The van der Waals surface area contributed by atoms with Crippen molar-refractivity contribution in [2.45, 2.75) is 38.9 Å². The van der Waals surface area contributed by atoms with Gasteiger partial charge in [0.25, 0.3) is 0 Å². The minimum atomic E-state index is 0.124. The smallest absolute Gasteiger partial charge is 0.138 e. The van der Waals surface area contributed by atoms with E-state index in [2.05, 4.69) is 5.32 Å². The van der Waals surface area contributed by atoms with E-state index in [9.17, 15) is 0 Å². The summed E-state index contributed by atoms with van der Waals surface area (Å²) >= 11 is 6.19. The summed E-state index contributed by atoms with van der Waals surface area (Å²) in [5.41, 5.74) is 0.985. The maximum absolute atomic E-state index is 6.19. The lowest BCUT2D eigenvalue weighted by atomic mass is 10.1. The molecule has 0 saturated carbocycles. The van der Waals surface area contributed by atoms with Crippen LogP contribution < -0.4 is 10.1 Å². The number of rotatable bonds is 5. The number of ether oxygens (including phenoxy) is 2. The Balaban J connectivity index is 1.90. The number of hydrogen-bond acceptors (Lipinski definition) is 3. The van der Waals surface area contributed by atoms with Crippen LogP contribution in [0.3, 0.4) is 0 Å². The first-order valence-corrected chi connectivity index (χ1v) is 7.03. The van der Waals surface area contributed by atoms with Crippen molar-refractivity contribution in [1.82, 2.24) is 0 Å². The van der Waals surface area contributed by atoms with Gasteiger partial charge in [-0.25, -0.2) is 0 Å². The van der Waals surface area contributed by atoms with Crippen molar-refractivity contribution >= 4 is 17.3 Å². The lowest BCUT2D eigenvalue weighted by Gasteiger charge is -2.20. The first kappa shape index (κ1) is 14.1. The molecule has 1 aromatic carbocycles. The first-order valence-electron chi connectivity index (χ1n) is 6.65. The van der Waals surface area contributed by atoms with Crippen LogP contribution in [0.5, 0.6) is 5.75 Å². The van der Waals surface area contributed by atoms with Gasteiger partial charge in [-0.15, -0.1) is 0 Å². The molecule has 1 aromatic rings. The molecule has 1 aliphatic heterocycles. The van der Waals surface area contributed by atoms with Gasteiger partial charge >= 0.3 is 0 Å². The molecule has 0 radical (unpaired) electrons. The average Bonchev–Trinajstić information content (AvgIpc) is 2.40. The largest absolute Gasteiger partial charge is 0.497 e. The average molecular weight is 282 g/mol. The Labute approximate surface area is 119 Å². The highest BCUT2D eigenvalue weighted by atomic mass is 35.5. The summed E-state index contributed by atoms with van der Waals surface area (Å²) in [5, 5.41) is 3.96. The maximum atomic E-state index is 6.19. The summed E-state index contributed by atoms with van der Waals surface area (Å²) in [6.07, 6.45) is 6.31. The Morgan fingerprint density at radius 2 is 2.32 bits per heavy atom. The van der Waals surface area contributed by atoms with Crippen LogP contribution in [0.2, 0.25) is 5.02 Å². The molecule has 0 aromatic heterocycles. The molecule has 1 N–H and O–H groups in total. The van der Waals surface area contributed by atoms with Gasteiger partial charge < -0.3 is 14.8 Å². The zero-order chi connectivity index (χ0) is 13.7. The number of allylic oxidation sites excluding steroid dienone is 1. The summed E-state index contributed by atoms with van der Waals surface area (Å²) in [4.78, 5) is 0. The van der Waals surface area contributed by atoms with Crippen LogP contribution in [0.15, 0.2) is 30.5 Å². The van der Waals surface area contributed by atoms with Crippen molar-refractivity contribution in [3.63, 3.8) is 0 Å². The maximum Gasteiger partial charge on any atom is 0.138 e. The molecule has 1 unspecified atom stereocenters. The Bertz CT molecular complexity index is 446. The van der Waals surface area contributed by atoms with Crippen LogP contribution >= 0.6 is 11.6 Å². The summed E-state index contributed by atoms with van der Waals surface area (Å²) in [5.74, 6) is 0.721. The predicted octanol–water partition coefficient (Wildman–Crippen LogP) is 4.23. The van der Waals surface area contributed by atoms with E-state index in [-0.39, 0.29) is 12.2 Å². The molecule has 1 heterocycles. The molecule has 0 fully saturated rings. The number of benzene rings is 1. The van der Waals surface area contributed by atoms with E-state index in [4.69, 9.17) is 21.1 Å². The van der Waals surface area contributed by atoms with Gasteiger partial charge in [-0.05, 0) is 51.0 Å². The number of halogens is 1. The van der Waals surface area contributed by atoms with Crippen molar-refractivity contribution in [3.05, 3.63) is 35.6 Å². The summed E-state index contributed by atoms with van der Waals surface area (Å²) in [6, 6.07) is 5.76. The molecule has 1 atom stereocenters. The minimum Gasteiger partial charge on any atom is -0.497 e. The van der Waals surface area contributed by atoms with Crippen molar-refractivity contribution in [1.29, 1.82) is 0 Å². The third-order valence-corrected chi connectivity index (χ3v) is 3.15. The lowest BCUT2D eigenvalue weighted by molar-refractivity contribution is 0.135. The molecule has 1 aliphatic rings. The molecule has 0 aliphatic carbocycles. The zero-order valence-corrected chi connectivity index (χ0v) is 12.1. The Hall–Kier alpha value is -1.35. The van der Waals surface area contributed by atoms with Gasteiger partial charge in [-0.3, -0.25) is 0 Å². The Morgan fingerprint density at radius 3 is 2.95 bits per heavy atom. The van der Waals surface area contributed by atoms with Gasteiger partial charge in [0.1, 0.15) is 11.9 Å². The second-order valence-corrected chi connectivity index (χ2v) is 5.31. The monoisotopic (exact) mass is 281 g/mol. The SMILES string of the molecule is CC(C)Oc1ccc(NCC2CCC=CO2)cc1Cl. The molecule has 0 bridgehead atoms. The van der Waals surface area contributed by atoms with Gasteiger partial charge in [-0.1, -0.05) is 11.6 Å². The molecule has 4 heteroatoms. The predicted molar refractivity (Wildman–Crippen MR) is 79.0 cm³/mol. The van der Waals surface area contributed by atoms with Crippen LogP contribution in [0.25, 0.3) is 0 Å². The number of anilines is 1. The Morgan fingerprint density at radius 1 is 1.47 bits per heavy atom. The summed E-state index contributed by atoms with van der Waals surface area (Å²) in [6.45, 7) is 4.75. The second-order valence-electron chi connectivity index (χ2n) is 4.90. The fourth-order valence-electron chi connectivity index (χ4n) is 1.93. The van der Waals surface area contributed by atoms with E-state index in [0.717, 1.165) is 30.8 Å². The molecule has 0 spiro atoms. The molecule has 104 valence electrons. The fraction of sp³-hybridized carbons (Fsp3) is 0.467. The van der Waals surface area contributed by atoms with Crippen molar-refractivity contribution in [2.24, 2.45) is 0 Å². The molecule has 3 nitrogen and oxygen atoms in total. The van der Waals surface area contributed by atoms with Gasteiger partial charge in [0.05, 0.1) is 23.9 Å². The highest BCUT2D eigenvalue weighted by Gasteiger charge is 2.11. The van der Waals surface area contributed by atoms with E-state index < -0.39 is 0 Å². The molecular weight excluding hydrogens is 262 g/mol. The molecule has 2 rings (SSSR count). The summed E-state index contributed by atoms with van der Waals surface area (Å²) in [7, 11) is 0.